The van der Waals surface area contributed by atoms with Gasteiger partial charge in [-0.25, -0.2) is 0 Å². The smallest absolute Gasteiger partial charge is 0.181 e. The molecule has 0 unspecified atom stereocenters. The van der Waals surface area contributed by atoms with Crippen molar-refractivity contribution in [1.29, 1.82) is 0 Å². The first-order chi connectivity index (χ1) is 11.8. The lowest BCUT2D eigenvalue weighted by molar-refractivity contribution is -0.121. The summed E-state index contributed by atoms with van der Waals surface area (Å²) in [5.74, 6) is -6.25. The van der Waals surface area contributed by atoms with E-state index >= 15 is 0 Å². The van der Waals surface area contributed by atoms with Gasteiger partial charge >= 0.3 is 0 Å². The summed E-state index contributed by atoms with van der Waals surface area (Å²) in [4.78, 5) is 73.7. The highest BCUT2D eigenvalue weighted by molar-refractivity contribution is 6.39. The van der Waals surface area contributed by atoms with Crippen LogP contribution in [0.1, 0.15) is 74.5 Å². The molecule has 0 heterocycles. The Morgan fingerprint density at radius 2 is 1.08 bits per heavy atom. The summed E-state index contributed by atoms with van der Waals surface area (Å²) in [6.45, 7) is 3.33. The van der Waals surface area contributed by atoms with Gasteiger partial charge in [0.15, 0.2) is 34.7 Å². The molecule has 0 aliphatic heterocycles. The number of rotatable bonds is 5. The molecule has 128 valence electrons. The molecule has 0 N–H and O–H groups in total. The normalized spacial score (nSPS) is 17.2. The number of carbonyl (C=O) groups excluding carboxylic acids is 6. The lowest BCUT2D eigenvalue weighted by Gasteiger charge is -2.04. The van der Waals surface area contributed by atoms with E-state index in [1.807, 2.05) is 0 Å². The fourth-order valence-electron chi connectivity index (χ4n) is 3.45. The first-order valence-corrected chi connectivity index (χ1v) is 8.23. The van der Waals surface area contributed by atoms with Gasteiger partial charge in [-0.15, -0.1) is 0 Å². The molecule has 0 spiro atoms. The molecule has 6 nitrogen and oxygen atoms in total. The molecule has 0 aromatic heterocycles. The standard InChI is InChI=1S/C19H16O6/c1-3-5-13(21)15-18(24)10-6-8-9(7-11(10)19(15)25)17(23)14(16(8)22)12(20)4-2/h6-7,14-15H,3-5H2,1-2H3. The zero-order valence-corrected chi connectivity index (χ0v) is 13.9. The van der Waals surface area contributed by atoms with Crippen LogP contribution in [0.2, 0.25) is 0 Å². The molecular weight excluding hydrogens is 324 g/mol. The number of benzene rings is 1. The van der Waals surface area contributed by atoms with Gasteiger partial charge in [-0.05, 0) is 18.6 Å². The number of Topliss-reactive ketones (excluding diaryl/α,β-unsaturated/α-hetero) is 6. The van der Waals surface area contributed by atoms with Crippen molar-refractivity contribution < 1.29 is 28.8 Å². The molecule has 1 aromatic rings. The average Bonchev–Trinajstić information content (AvgIpc) is 2.98. The molecular formula is C19H16O6. The van der Waals surface area contributed by atoms with Crippen molar-refractivity contribution in [2.45, 2.75) is 33.1 Å². The van der Waals surface area contributed by atoms with Crippen LogP contribution in [0, 0.1) is 11.8 Å². The SMILES string of the molecule is CCCC(=O)C1C(=O)c2cc3c(cc2C1=O)C(=O)C(C(=O)CC)C3=O. The third-order valence-corrected chi connectivity index (χ3v) is 4.76. The van der Waals surface area contributed by atoms with E-state index in [9.17, 15) is 28.8 Å². The summed E-state index contributed by atoms with van der Waals surface area (Å²) < 4.78 is 0. The number of ketones is 6. The lowest BCUT2D eigenvalue weighted by Crippen LogP contribution is -2.25. The molecule has 0 fully saturated rings. The van der Waals surface area contributed by atoms with E-state index < -0.39 is 46.5 Å². The largest absolute Gasteiger partial charge is 0.298 e. The van der Waals surface area contributed by atoms with E-state index in [0.717, 1.165) is 0 Å². The first kappa shape index (κ1) is 17.1. The summed E-state index contributed by atoms with van der Waals surface area (Å²) >= 11 is 0. The van der Waals surface area contributed by atoms with Gasteiger partial charge in [-0.1, -0.05) is 13.8 Å². The molecule has 25 heavy (non-hydrogen) atoms. The van der Waals surface area contributed by atoms with Crippen molar-refractivity contribution in [1.82, 2.24) is 0 Å². The van der Waals surface area contributed by atoms with Crippen molar-refractivity contribution in [2.24, 2.45) is 11.8 Å². The molecule has 3 rings (SSSR count). The van der Waals surface area contributed by atoms with Crippen LogP contribution >= 0.6 is 0 Å². The third kappa shape index (κ3) is 2.32. The molecule has 0 saturated carbocycles. The van der Waals surface area contributed by atoms with E-state index in [2.05, 4.69) is 0 Å². The first-order valence-electron chi connectivity index (χ1n) is 8.23. The van der Waals surface area contributed by atoms with Crippen LogP contribution in [-0.2, 0) is 9.59 Å². The summed E-state index contributed by atoms with van der Waals surface area (Å²) in [6.07, 6.45) is 0.669. The minimum absolute atomic E-state index is 0.0102. The summed E-state index contributed by atoms with van der Waals surface area (Å²) in [7, 11) is 0. The molecule has 0 amide bonds. The zero-order chi connectivity index (χ0) is 18.5. The highest BCUT2D eigenvalue weighted by Gasteiger charge is 2.48. The molecule has 6 heteroatoms. The molecule has 0 saturated heterocycles. The number of carbonyl (C=O) groups is 6. The van der Waals surface area contributed by atoms with Crippen molar-refractivity contribution >= 4 is 34.7 Å². The molecule has 2 aliphatic rings. The summed E-state index contributed by atoms with van der Waals surface area (Å²) in [5.41, 5.74) is -0.0477. The topological polar surface area (TPSA) is 102 Å². The van der Waals surface area contributed by atoms with E-state index in [1.165, 1.54) is 12.1 Å². The zero-order valence-electron chi connectivity index (χ0n) is 13.9. The lowest BCUT2D eigenvalue weighted by atomic mass is 9.95. The minimum atomic E-state index is -1.38. The minimum Gasteiger partial charge on any atom is -0.298 e. The maximum absolute atomic E-state index is 12.5. The highest BCUT2D eigenvalue weighted by atomic mass is 16.2. The second-order valence-electron chi connectivity index (χ2n) is 6.30. The van der Waals surface area contributed by atoms with Gasteiger partial charge in [-0.2, -0.15) is 0 Å². The Bertz CT molecular complexity index is 821. The molecule has 0 radical (unpaired) electrons. The van der Waals surface area contributed by atoms with Crippen LogP contribution in [0.25, 0.3) is 0 Å². The number of fused-ring (bicyclic) bond motifs is 2. The Morgan fingerprint density at radius 3 is 1.40 bits per heavy atom. The molecule has 2 aliphatic carbocycles. The van der Waals surface area contributed by atoms with Crippen molar-refractivity contribution in [3.63, 3.8) is 0 Å². The predicted octanol–water partition coefficient (Wildman–Crippen LogP) is 2.03. The Morgan fingerprint density at radius 1 is 0.720 bits per heavy atom. The van der Waals surface area contributed by atoms with Crippen LogP contribution in [0.3, 0.4) is 0 Å². The Hall–Kier alpha value is -2.76. The number of hydrogen-bond donors (Lipinski definition) is 0. The van der Waals surface area contributed by atoms with Crippen molar-refractivity contribution in [3.05, 3.63) is 34.4 Å². The fourth-order valence-corrected chi connectivity index (χ4v) is 3.45. The van der Waals surface area contributed by atoms with Crippen LogP contribution in [-0.4, -0.2) is 34.7 Å². The maximum atomic E-state index is 12.5. The average molecular weight is 340 g/mol. The highest BCUT2D eigenvalue weighted by Crippen LogP contribution is 2.36. The van der Waals surface area contributed by atoms with Crippen LogP contribution in [0.4, 0.5) is 0 Å². The van der Waals surface area contributed by atoms with Crippen LogP contribution < -0.4 is 0 Å². The third-order valence-electron chi connectivity index (χ3n) is 4.76. The molecule has 0 atom stereocenters. The van der Waals surface area contributed by atoms with Gasteiger partial charge in [0.05, 0.1) is 0 Å². The Labute approximate surface area is 143 Å². The monoisotopic (exact) mass is 340 g/mol. The van der Waals surface area contributed by atoms with Gasteiger partial charge in [0.25, 0.3) is 0 Å². The van der Waals surface area contributed by atoms with E-state index in [1.54, 1.807) is 13.8 Å². The van der Waals surface area contributed by atoms with E-state index in [-0.39, 0.29) is 35.1 Å². The predicted molar refractivity (Wildman–Crippen MR) is 86.0 cm³/mol. The van der Waals surface area contributed by atoms with Crippen LogP contribution in [0.5, 0.6) is 0 Å². The van der Waals surface area contributed by atoms with Gasteiger partial charge in [0, 0.05) is 35.1 Å². The quantitative estimate of drug-likeness (QED) is 0.760. The van der Waals surface area contributed by atoms with Crippen molar-refractivity contribution in [2.75, 3.05) is 0 Å². The van der Waals surface area contributed by atoms with Crippen LogP contribution in [0.15, 0.2) is 12.1 Å². The van der Waals surface area contributed by atoms with Gasteiger partial charge in [-0.3, -0.25) is 28.8 Å². The van der Waals surface area contributed by atoms with E-state index in [0.29, 0.717) is 6.42 Å². The number of hydrogen-bond acceptors (Lipinski definition) is 6. The van der Waals surface area contributed by atoms with Gasteiger partial charge in [0.2, 0.25) is 0 Å². The van der Waals surface area contributed by atoms with Gasteiger partial charge in [0.1, 0.15) is 11.8 Å². The maximum Gasteiger partial charge on any atom is 0.181 e. The second kappa shape index (κ2) is 5.95. The summed E-state index contributed by atoms with van der Waals surface area (Å²) in [5, 5.41) is 0. The fraction of sp³-hybridized carbons (Fsp3) is 0.368. The molecule has 0 bridgehead atoms. The second-order valence-corrected chi connectivity index (χ2v) is 6.30. The van der Waals surface area contributed by atoms with Gasteiger partial charge < -0.3 is 0 Å². The Balaban J connectivity index is 2.08. The van der Waals surface area contributed by atoms with E-state index in [4.69, 9.17) is 0 Å². The summed E-state index contributed by atoms with van der Waals surface area (Å²) in [6, 6.07) is 2.40. The Kier molecular flexibility index (Phi) is 4.06. The molecule has 1 aromatic carbocycles. The van der Waals surface area contributed by atoms with Crippen molar-refractivity contribution in [3.8, 4) is 0 Å².